The monoisotopic (exact) mass is 352 g/mol. The molecule has 0 atom stereocenters. The smallest absolute Gasteiger partial charge is 0.225 e. The van der Waals surface area contributed by atoms with Gasteiger partial charge in [0.1, 0.15) is 13.2 Å². The number of ether oxygens (including phenoxy) is 2. The van der Waals surface area contributed by atoms with Gasteiger partial charge >= 0.3 is 0 Å². The quantitative estimate of drug-likeness (QED) is 0.773. The molecule has 0 saturated heterocycles. The van der Waals surface area contributed by atoms with Crippen molar-refractivity contribution in [2.24, 2.45) is 0 Å². The fourth-order valence-corrected chi connectivity index (χ4v) is 3.66. The fourth-order valence-electron chi connectivity index (χ4n) is 1.94. The fraction of sp³-hybridized carbons (Fsp3) is 0.357. The van der Waals surface area contributed by atoms with E-state index in [1.165, 1.54) is 23.1 Å². The van der Waals surface area contributed by atoms with E-state index in [1.54, 1.807) is 19.2 Å². The molecule has 9 heteroatoms. The Morgan fingerprint density at radius 2 is 2.13 bits per heavy atom. The highest BCUT2D eigenvalue weighted by Crippen LogP contribution is 2.32. The van der Waals surface area contributed by atoms with Gasteiger partial charge in [-0.25, -0.2) is 0 Å². The van der Waals surface area contributed by atoms with Crippen molar-refractivity contribution in [3.8, 4) is 11.5 Å². The van der Waals surface area contributed by atoms with Crippen molar-refractivity contribution in [1.82, 2.24) is 10.2 Å². The number of anilines is 2. The van der Waals surface area contributed by atoms with Crippen LogP contribution in [0, 0.1) is 0 Å². The van der Waals surface area contributed by atoms with E-state index in [0.29, 0.717) is 42.6 Å². The lowest BCUT2D eigenvalue weighted by Gasteiger charge is -2.18. The minimum atomic E-state index is -0.0486. The Morgan fingerprint density at radius 1 is 1.30 bits per heavy atom. The molecule has 0 fully saturated rings. The molecule has 7 nitrogen and oxygen atoms in total. The van der Waals surface area contributed by atoms with Gasteiger partial charge in [-0.15, -0.1) is 10.2 Å². The average Bonchev–Trinajstić information content (AvgIpc) is 3.03. The number of nitrogens with one attached hydrogen (secondary N) is 2. The summed E-state index contributed by atoms with van der Waals surface area (Å²) in [5.74, 6) is 1.97. The summed E-state index contributed by atoms with van der Waals surface area (Å²) in [5.41, 5.74) is 0.706. The zero-order chi connectivity index (χ0) is 16.1. The number of carbonyl (C=O) groups is 1. The maximum Gasteiger partial charge on any atom is 0.225 e. The first kappa shape index (κ1) is 15.9. The summed E-state index contributed by atoms with van der Waals surface area (Å²) in [5, 5.41) is 14.5. The second-order valence-electron chi connectivity index (χ2n) is 4.63. The molecule has 0 radical (unpaired) electrons. The number of nitrogens with zero attached hydrogens (tertiary/aromatic N) is 2. The predicted octanol–water partition coefficient (Wildman–Crippen LogP) is 2.47. The van der Waals surface area contributed by atoms with Crippen LogP contribution in [-0.2, 0) is 4.79 Å². The molecule has 2 N–H and O–H groups in total. The van der Waals surface area contributed by atoms with E-state index in [2.05, 4.69) is 20.8 Å². The Balaban J connectivity index is 1.47. The van der Waals surface area contributed by atoms with Gasteiger partial charge in [0.05, 0.1) is 0 Å². The van der Waals surface area contributed by atoms with Gasteiger partial charge in [0.15, 0.2) is 15.8 Å². The molecule has 1 aromatic heterocycles. The summed E-state index contributed by atoms with van der Waals surface area (Å²) < 4.78 is 11.8. The lowest BCUT2D eigenvalue weighted by molar-refractivity contribution is -0.115. The molecule has 0 saturated carbocycles. The van der Waals surface area contributed by atoms with Crippen molar-refractivity contribution in [1.29, 1.82) is 0 Å². The highest BCUT2D eigenvalue weighted by Gasteiger charge is 2.13. The molecule has 1 aliphatic heterocycles. The molecule has 2 heterocycles. The molecule has 1 aliphatic rings. The molecule has 2 aromatic rings. The molecular formula is C14H16N4O3S2. The van der Waals surface area contributed by atoms with Crippen LogP contribution in [0.4, 0.5) is 10.8 Å². The van der Waals surface area contributed by atoms with Gasteiger partial charge in [-0.3, -0.25) is 4.79 Å². The third-order valence-electron chi connectivity index (χ3n) is 3.00. The highest BCUT2D eigenvalue weighted by molar-refractivity contribution is 8.01. The number of rotatable bonds is 6. The highest BCUT2D eigenvalue weighted by atomic mass is 32.2. The predicted molar refractivity (Wildman–Crippen MR) is 90.9 cm³/mol. The second-order valence-corrected chi connectivity index (χ2v) is 6.95. The topological polar surface area (TPSA) is 85.4 Å². The summed E-state index contributed by atoms with van der Waals surface area (Å²) in [4.78, 5) is 12.0. The third kappa shape index (κ3) is 4.26. The number of carbonyl (C=O) groups excluding carboxylic acids is 1. The van der Waals surface area contributed by atoms with Gasteiger partial charge < -0.3 is 20.1 Å². The van der Waals surface area contributed by atoms with E-state index in [-0.39, 0.29) is 5.91 Å². The van der Waals surface area contributed by atoms with E-state index in [0.717, 1.165) is 9.47 Å². The van der Waals surface area contributed by atoms with Crippen LogP contribution in [0.1, 0.15) is 6.42 Å². The minimum Gasteiger partial charge on any atom is -0.486 e. The Bertz CT molecular complexity index is 692. The van der Waals surface area contributed by atoms with Crippen LogP contribution < -0.4 is 20.1 Å². The summed E-state index contributed by atoms with van der Waals surface area (Å²) in [7, 11) is 1.80. The van der Waals surface area contributed by atoms with Crippen molar-refractivity contribution in [3.63, 3.8) is 0 Å². The van der Waals surface area contributed by atoms with Gasteiger partial charge in [-0.2, -0.15) is 0 Å². The van der Waals surface area contributed by atoms with Gasteiger partial charge in [0.25, 0.3) is 0 Å². The Kier molecular flexibility index (Phi) is 5.19. The number of fused-ring (bicyclic) bond motifs is 1. The molecule has 0 unspecified atom stereocenters. The molecule has 1 amide bonds. The largest absolute Gasteiger partial charge is 0.486 e. The van der Waals surface area contributed by atoms with E-state index in [4.69, 9.17) is 9.47 Å². The third-order valence-corrected chi connectivity index (χ3v) is 5.08. The Hall–Kier alpha value is -2.00. The lowest BCUT2D eigenvalue weighted by atomic mass is 10.2. The van der Waals surface area contributed by atoms with Crippen LogP contribution in [0.25, 0.3) is 0 Å². The summed E-state index contributed by atoms with van der Waals surface area (Å²) in [6.45, 7) is 1.08. The minimum absolute atomic E-state index is 0.0486. The maximum atomic E-state index is 12.0. The zero-order valence-corrected chi connectivity index (χ0v) is 14.1. The van der Waals surface area contributed by atoms with Crippen LogP contribution >= 0.6 is 23.1 Å². The molecular weight excluding hydrogens is 336 g/mol. The summed E-state index contributed by atoms with van der Waals surface area (Å²) in [6, 6.07) is 5.39. The van der Waals surface area contributed by atoms with Gasteiger partial charge in [0.2, 0.25) is 11.0 Å². The van der Waals surface area contributed by atoms with E-state index >= 15 is 0 Å². The number of aromatic nitrogens is 2. The normalized spacial score (nSPS) is 12.7. The lowest BCUT2D eigenvalue weighted by Crippen LogP contribution is -2.16. The first-order valence-corrected chi connectivity index (χ1v) is 8.88. The summed E-state index contributed by atoms with van der Waals surface area (Å²) >= 11 is 2.99. The standard InChI is InChI=1S/C14H16N4O3S2/c1-15-13-17-18-14(23-13)22-7-4-12(19)16-9-2-3-10-11(8-9)21-6-5-20-10/h2-3,8H,4-7H2,1H3,(H,15,17)(H,16,19). The number of amides is 1. The molecule has 0 spiro atoms. The Morgan fingerprint density at radius 3 is 2.91 bits per heavy atom. The van der Waals surface area contributed by atoms with Crippen molar-refractivity contribution in [2.75, 3.05) is 36.6 Å². The van der Waals surface area contributed by atoms with E-state index < -0.39 is 0 Å². The van der Waals surface area contributed by atoms with Crippen molar-refractivity contribution >= 4 is 39.8 Å². The number of hydrogen-bond acceptors (Lipinski definition) is 8. The van der Waals surface area contributed by atoms with Crippen molar-refractivity contribution < 1.29 is 14.3 Å². The van der Waals surface area contributed by atoms with Crippen LogP contribution in [-0.4, -0.2) is 42.1 Å². The molecule has 23 heavy (non-hydrogen) atoms. The van der Waals surface area contributed by atoms with Crippen LogP contribution in [0.3, 0.4) is 0 Å². The van der Waals surface area contributed by atoms with Gasteiger partial charge in [0, 0.05) is 31.0 Å². The maximum absolute atomic E-state index is 12.0. The number of thioether (sulfide) groups is 1. The van der Waals surface area contributed by atoms with Crippen LogP contribution in [0.15, 0.2) is 22.5 Å². The summed E-state index contributed by atoms with van der Waals surface area (Å²) in [6.07, 6.45) is 0.396. The first-order chi connectivity index (χ1) is 11.2. The molecule has 122 valence electrons. The van der Waals surface area contributed by atoms with E-state index in [1.807, 2.05) is 6.07 Å². The van der Waals surface area contributed by atoms with Crippen molar-refractivity contribution in [2.45, 2.75) is 10.8 Å². The zero-order valence-electron chi connectivity index (χ0n) is 12.5. The molecule has 3 rings (SSSR count). The molecule has 0 bridgehead atoms. The number of benzene rings is 1. The second kappa shape index (κ2) is 7.51. The SMILES string of the molecule is CNc1nnc(SCCC(=O)Nc2ccc3c(c2)OCCO3)s1. The van der Waals surface area contributed by atoms with Crippen LogP contribution in [0.5, 0.6) is 11.5 Å². The van der Waals surface area contributed by atoms with Crippen LogP contribution in [0.2, 0.25) is 0 Å². The molecule has 1 aromatic carbocycles. The van der Waals surface area contributed by atoms with Gasteiger partial charge in [-0.05, 0) is 12.1 Å². The van der Waals surface area contributed by atoms with E-state index in [9.17, 15) is 4.79 Å². The Labute approximate surface area is 141 Å². The first-order valence-electron chi connectivity index (χ1n) is 7.08. The average molecular weight is 352 g/mol. The van der Waals surface area contributed by atoms with Gasteiger partial charge in [-0.1, -0.05) is 23.1 Å². The number of hydrogen-bond donors (Lipinski definition) is 2. The van der Waals surface area contributed by atoms with Crippen molar-refractivity contribution in [3.05, 3.63) is 18.2 Å². The molecule has 0 aliphatic carbocycles.